The highest BCUT2D eigenvalue weighted by atomic mass is 35.5. The Morgan fingerprint density at radius 1 is 1.10 bits per heavy atom. The first-order valence-corrected chi connectivity index (χ1v) is 9.75. The van der Waals surface area contributed by atoms with E-state index < -0.39 is 5.91 Å². The summed E-state index contributed by atoms with van der Waals surface area (Å²) >= 11 is 6.12. The van der Waals surface area contributed by atoms with Crippen LogP contribution in [0.5, 0.6) is 0 Å². The number of carbonyl (C=O) groups excluding carboxylic acids is 1. The third-order valence-corrected chi connectivity index (χ3v) is 5.24. The van der Waals surface area contributed by atoms with Gasteiger partial charge in [0.25, 0.3) is 5.91 Å². The first kappa shape index (κ1) is 20.2. The number of hydrogen-bond donors (Lipinski definition) is 2. The molecule has 0 aliphatic heterocycles. The lowest BCUT2D eigenvalue weighted by molar-refractivity contribution is 0.100. The number of nitrogen functional groups attached to an aromatic ring is 1. The van der Waals surface area contributed by atoms with Gasteiger partial charge in [0.15, 0.2) is 0 Å². The molecule has 7 heteroatoms. The second-order valence-corrected chi connectivity index (χ2v) is 7.39. The number of terminal acetylenes is 1. The predicted octanol–water partition coefficient (Wildman–Crippen LogP) is 4.36. The van der Waals surface area contributed by atoms with Gasteiger partial charge in [-0.1, -0.05) is 48.4 Å². The third-order valence-electron chi connectivity index (χ3n) is 5.00. The van der Waals surface area contributed by atoms with Crippen LogP contribution in [0.25, 0.3) is 33.8 Å². The van der Waals surface area contributed by atoms with Crippen molar-refractivity contribution in [1.29, 1.82) is 0 Å². The zero-order valence-corrected chi connectivity index (χ0v) is 17.4. The number of fused-ring (bicyclic) bond motifs is 1. The Morgan fingerprint density at radius 2 is 1.77 bits per heavy atom. The molecule has 2 heterocycles. The molecule has 6 nitrogen and oxygen atoms in total. The maximum Gasteiger partial charge on any atom is 0.250 e. The Morgan fingerprint density at radius 3 is 2.29 bits per heavy atom. The molecule has 0 unspecified atom stereocenters. The Balaban J connectivity index is 0.000000325. The normalized spacial score (nSPS) is 10.6. The summed E-state index contributed by atoms with van der Waals surface area (Å²) in [5.74, 6) is -0.505. The minimum atomic E-state index is -0.605. The molecule has 0 bridgehead atoms. The van der Waals surface area contributed by atoms with E-state index in [2.05, 4.69) is 40.3 Å². The SMILES string of the molecule is C#Cn1c(-c2ccnc(N)n2)cc(C(N)=O)c1-c1cc(Cl)ccc1C.c1cc2ccc1-2. The van der Waals surface area contributed by atoms with Gasteiger partial charge in [0.2, 0.25) is 5.95 Å². The van der Waals surface area contributed by atoms with Crippen LogP contribution in [0.15, 0.2) is 60.8 Å². The number of rotatable bonds is 3. The van der Waals surface area contributed by atoms with E-state index in [0.29, 0.717) is 27.7 Å². The van der Waals surface area contributed by atoms with Crippen molar-refractivity contribution in [2.24, 2.45) is 5.73 Å². The summed E-state index contributed by atoms with van der Waals surface area (Å²) in [6.45, 7) is 1.90. The maximum atomic E-state index is 12.0. The number of hydrogen-bond acceptors (Lipinski definition) is 4. The minimum absolute atomic E-state index is 0.100. The first-order valence-electron chi connectivity index (χ1n) is 9.37. The van der Waals surface area contributed by atoms with E-state index in [0.717, 1.165) is 5.56 Å². The summed E-state index contributed by atoms with van der Waals surface area (Å²) in [5.41, 5.74) is 17.5. The molecule has 2 aliphatic rings. The summed E-state index contributed by atoms with van der Waals surface area (Å²) in [4.78, 5) is 20.1. The van der Waals surface area contributed by atoms with E-state index in [9.17, 15) is 4.79 Å². The van der Waals surface area contributed by atoms with Crippen molar-refractivity contribution in [2.75, 3.05) is 5.73 Å². The maximum absolute atomic E-state index is 12.0. The molecule has 4 N–H and O–H groups in total. The van der Waals surface area contributed by atoms with E-state index in [1.54, 1.807) is 24.3 Å². The Bertz CT molecular complexity index is 1330. The van der Waals surface area contributed by atoms with Crippen molar-refractivity contribution in [3.05, 3.63) is 76.9 Å². The molecule has 0 saturated carbocycles. The molecule has 2 aliphatic carbocycles. The molecule has 31 heavy (non-hydrogen) atoms. The Hall–Kier alpha value is -4.08. The topological polar surface area (TPSA) is 99.8 Å². The van der Waals surface area contributed by atoms with Crippen LogP contribution in [-0.4, -0.2) is 20.4 Å². The smallest absolute Gasteiger partial charge is 0.250 e. The van der Waals surface area contributed by atoms with E-state index in [-0.39, 0.29) is 11.5 Å². The van der Waals surface area contributed by atoms with E-state index in [4.69, 9.17) is 29.5 Å². The zero-order valence-electron chi connectivity index (χ0n) is 16.6. The van der Waals surface area contributed by atoms with Crippen molar-refractivity contribution >= 4 is 23.5 Å². The molecule has 152 valence electrons. The van der Waals surface area contributed by atoms with Crippen LogP contribution in [0.3, 0.4) is 0 Å². The zero-order chi connectivity index (χ0) is 22.1. The van der Waals surface area contributed by atoms with Gasteiger partial charge in [-0.15, -0.1) is 0 Å². The average Bonchev–Trinajstić information content (AvgIpc) is 3.12. The fourth-order valence-electron chi connectivity index (χ4n) is 3.31. The molecule has 1 amide bonds. The van der Waals surface area contributed by atoms with Gasteiger partial charge in [-0.05, 0) is 47.9 Å². The fraction of sp³-hybridized carbons (Fsp3) is 0.0417. The van der Waals surface area contributed by atoms with Crippen molar-refractivity contribution in [2.45, 2.75) is 6.92 Å². The lowest BCUT2D eigenvalue weighted by Gasteiger charge is -2.11. The average molecular weight is 428 g/mol. The van der Waals surface area contributed by atoms with Gasteiger partial charge in [0.05, 0.1) is 22.6 Å². The summed E-state index contributed by atoms with van der Waals surface area (Å²) < 4.78 is 1.51. The number of halogens is 1. The number of benzene rings is 2. The van der Waals surface area contributed by atoms with Crippen LogP contribution in [0.1, 0.15) is 15.9 Å². The lowest BCUT2D eigenvalue weighted by atomic mass is 9.95. The Kier molecular flexibility index (Phi) is 5.20. The number of nitrogens with two attached hydrogens (primary N) is 2. The highest BCUT2D eigenvalue weighted by Crippen LogP contribution is 2.35. The van der Waals surface area contributed by atoms with Gasteiger partial charge in [-0.25, -0.2) is 9.97 Å². The van der Waals surface area contributed by atoms with Crippen LogP contribution in [0, 0.1) is 19.4 Å². The van der Waals surface area contributed by atoms with Crippen molar-refractivity contribution in [3.63, 3.8) is 0 Å². The molecule has 0 atom stereocenters. The highest BCUT2D eigenvalue weighted by Gasteiger charge is 2.22. The number of aryl methyl sites for hydroxylation is 1. The number of amides is 1. The van der Waals surface area contributed by atoms with Crippen LogP contribution in [0.2, 0.25) is 5.02 Å². The van der Waals surface area contributed by atoms with Crippen LogP contribution in [0.4, 0.5) is 5.95 Å². The molecule has 1 aromatic carbocycles. The molecule has 0 fully saturated rings. The van der Waals surface area contributed by atoms with Gasteiger partial charge in [0.1, 0.15) is 0 Å². The predicted molar refractivity (Wildman–Crippen MR) is 123 cm³/mol. The van der Waals surface area contributed by atoms with E-state index in [1.165, 1.54) is 21.9 Å². The van der Waals surface area contributed by atoms with Crippen LogP contribution in [-0.2, 0) is 0 Å². The molecule has 0 saturated heterocycles. The summed E-state index contributed by atoms with van der Waals surface area (Å²) in [5, 5.41) is 0.522. The second-order valence-electron chi connectivity index (χ2n) is 6.96. The van der Waals surface area contributed by atoms with Crippen molar-refractivity contribution < 1.29 is 4.79 Å². The first-order chi connectivity index (χ1) is 14.9. The molecule has 5 rings (SSSR count). The van der Waals surface area contributed by atoms with Crippen LogP contribution < -0.4 is 11.5 Å². The lowest BCUT2D eigenvalue weighted by Crippen LogP contribution is -2.12. The molecular formula is C24H18ClN5O. The molecule has 3 aromatic rings. The third kappa shape index (κ3) is 3.75. The standard InChI is InChI=1S/C18H14ClN5O.C6H4/c1-3-24-15(14-6-7-22-18(21)23-14)9-13(17(20)25)16(24)12-8-11(19)5-4-10(12)2;1-2-6-4-3-5(1)6/h1,4-9H,2H3,(H2,20,25)(H2,21,22,23);1-4H. The number of anilines is 1. The summed E-state index contributed by atoms with van der Waals surface area (Å²) in [7, 11) is 0. The van der Waals surface area contributed by atoms with Gasteiger partial charge in [-0.2, -0.15) is 0 Å². The van der Waals surface area contributed by atoms with Crippen molar-refractivity contribution in [1.82, 2.24) is 14.5 Å². The molecule has 0 spiro atoms. The summed E-state index contributed by atoms with van der Waals surface area (Å²) in [6.07, 6.45) is 7.23. The van der Waals surface area contributed by atoms with E-state index in [1.807, 2.05) is 13.0 Å². The second kappa shape index (κ2) is 7.98. The van der Waals surface area contributed by atoms with Gasteiger partial charge in [-0.3, -0.25) is 9.36 Å². The molecule has 2 aromatic heterocycles. The van der Waals surface area contributed by atoms with Gasteiger partial charge < -0.3 is 11.5 Å². The monoisotopic (exact) mass is 427 g/mol. The van der Waals surface area contributed by atoms with Crippen molar-refractivity contribution in [3.8, 4) is 46.2 Å². The minimum Gasteiger partial charge on any atom is -0.368 e. The van der Waals surface area contributed by atoms with Gasteiger partial charge >= 0.3 is 0 Å². The van der Waals surface area contributed by atoms with E-state index >= 15 is 0 Å². The quantitative estimate of drug-likeness (QED) is 0.418. The number of nitrogens with zero attached hydrogens (tertiary/aromatic N) is 3. The van der Waals surface area contributed by atoms with Gasteiger partial charge in [0, 0.05) is 22.8 Å². The van der Waals surface area contributed by atoms with Crippen LogP contribution >= 0.6 is 11.6 Å². The number of primary amides is 1. The summed E-state index contributed by atoms with van der Waals surface area (Å²) in [6, 6.07) is 19.6. The highest BCUT2D eigenvalue weighted by molar-refractivity contribution is 6.31. The number of carbonyl (C=O) groups is 1. The Labute approximate surface area is 184 Å². The largest absolute Gasteiger partial charge is 0.368 e. The molecular weight excluding hydrogens is 410 g/mol. The number of aromatic nitrogens is 3. The fourth-order valence-corrected chi connectivity index (χ4v) is 3.49. The molecule has 0 radical (unpaired) electrons.